The summed E-state index contributed by atoms with van der Waals surface area (Å²) < 4.78 is 2.14. The molecule has 0 spiro atoms. The van der Waals surface area contributed by atoms with Gasteiger partial charge in [0.1, 0.15) is 0 Å². The van der Waals surface area contributed by atoms with Crippen molar-refractivity contribution in [2.75, 3.05) is 7.05 Å². The molecule has 0 aliphatic rings. The maximum Gasteiger partial charge on any atom is 0.0586 e. The molecule has 0 heterocycles. The monoisotopic (exact) mass is 401 g/mol. The Morgan fingerprint density at radius 2 is 1.84 bits per heavy atom. The molecule has 1 nitrogen and oxygen atoms in total. The van der Waals surface area contributed by atoms with Crippen LogP contribution in [-0.2, 0) is 0 Å². The Morgan fingerprint density at radius 1 is 1.11 bits per heavy atom. The van der Waals surface area contributed by atoms with Crippen molar-refractivity contribution in [1.82, 2.24) is 5.32 Å². The van der Waals surface area contributed by atoms with Crippen molar-refractivity contribution >= 4 is 43.5 Å². The molecule has 0 amide bonds. The second kappa shape index (κ2) is 6.40. The van der Waals surface area contributed by atoms with E-state index in [-0.39, 0.29) is 6.04 Å². The van der Waals surface area contributed by atoms with Crippen LogP contribution in [-0.4, -0.2) is 7.05 Å². The third-order valence-corrected chi connectivity index (χ3v) is 4.39. The number of nitrogens with one attached hydrogen (secondary N) is 1. The molecule has 0 bridgehead atoms. The predicted molar refractivity (Wildman–Crippen MR) is 88.9 cm³/mol. The Hall–Kier alpha value is -0.350. The summed E-state index contributed by atoms with van der Waals surface area (Å²) in [5, 5.41) is 4.11. The second-order valence-corrected chi connectivity index (χ2v) is 6.66. The molecule has 0 aliphatic carbocycles. The molecule has 4 heteroatoms. The molecule has 100 valence electrons. The van der Waals surface area contributed by atoms with Crippen LogP contribution in [0.25, 0.3) is 0 Å². The molecule has 0 aromatic heterocycles. The number of rotatable bonds is 3. The summed E-state index contributed by atoms with van der Waals surface area (Å²) in [6, 6.07) is 12.4. The summed E-state index contributed by atoms with van der Waals surface area (Å²) >= 11 is 13.3. The van der Waals surface area contributed by atoms with E-state index in [1.54, 1.807) is 0 Å². The summed E-state index contributed by atoms with van der Waals surface area (Å²) in [5.74, 6) is 0. The average molecular weight is 404 g/mol. The Bertz CT molecular complexity index is 578. The molecular formula is C15H14Br2ClN. The number of hydrogen-bond acceptors (Lipinski definition) is 1. The van der Waals surface area contributed by atoms with E-state index in [4.69, 9.17) is 11.6 Å². The van der Waals surface area contributed by atoms with Gasteiger partial charge in [0.15, 0.2) is 0 Å². The Morgan fingerprint density at radius 3 is 2.47 bits per heavy atom. The molecule has 0 aliphatic heterocycles. The summed E-state index contributed by atoms with van der Waals surface area (Å²) in [6.45, 7) is 2.05. The highest BCUT2D eigenvalue weighted by molar-refractivity contribution is 9.11. The molecule has 0 fully saturated rings. The minimum absolute atomic E-state index is 0.101. The first-order chi connectivity index (χ1) is 9.01. The lowest BCUT2D eigenvalue weighted by Gasteiger charge is -2.20. The van der Waals surface area contributed by atoms with Gasteiger partial charge in [-0.15, -0.1) is 0 Å². The van der Waals surface area contributed by atoms with Crippen LogP contribution in [0.2, 0.25) is 5.02 Å². The van der Waals surface area contributed by atoms with Crippen molar-refractivity contribution in [2.45, 2.75) is 13.0 Å². The summed E-state index contributed by atoms with van der Waals surface area (Å²) in [6.07, 6.45) is 0. The van der Waals surface area contributed by atoms with Crippen molar-refractivity contribution in [2.24, 2.45) is 0 Å². The van der Waals surface area contributed by atoms with Gasteiger partial charge in [-0.3, -0.25) is 0 Å². The van der Waals surface area contributed by atoms with Crippen LogP contribution in [0.1, 0.15) is 22.7 Å². The molecular weight excluding hydrogens is 389 g/mol. The van der Waals surface area contributed by atoms with Gasteiger partial charge in [-0.25, -0.2) is 0 Å². The van der Waals surface area contributed by atoms with Gasteiger partial charge in [0.2, 0.25) is 0 Å². The molecule has 0 radical (unpaired) electrons. The van der Waals surface area contributed by atoms with Gasteiger partial charge in [-0.1, -0.05) is 49.5 Å². The van der Waals surface area contributed by atoms with E-state index < -0.39 is 0 Å². The van der Waals surface area contributed by atoms with E-state index in [1.807, 2.05) is 31.3 Å². The number of benzene rings is 2. The standard InChI is InChI=1S/C15H14Br2ClN/c1-9-5-10(7-12(18)6-9)15(19-2)13-8-11(16)3-4-14(13)17/h3-8,15,19H,1-2H3. The lowest BCUT2D eigenvalue weighted by molar-refractivity contribution is 0.688. The van der Waals surface area contributed by atoms with Crippen LogP contribution in [0.3, 0.4) is 0 Å². The quantitative estimate of drug-likeness (QED) is 0.715. The topological polar surface area (TPSA) is 12.0 Å². The second-order valence-electron chi connectivity index (χ2n) is 4.45. The summed E-state index contributed by atoms with van der Waals surface area (Å²) in [7, 11) is 1.95. The molecule has 2 rings (SSSR count). The molecule has 2 aromatic rings. The van der Waals surface area contributed by atoms with E-state index in [1.165, 1.54) is 5.56 Å². The number of halogens is 3. The van der Waals surface area contributed by atoms with Crippen molar-refractivity contribution < 1.29 is 0 Å². The predicted octanol–water partition coefficient (Wildman–Crippen LogP) is 5.48. The normalized spacial score (nSPS) is 12.5. The highest BCUT2D eigenvalue weighted by Crippen LogP contribution is 2.32. The van der Waals surface area contributed by atoms with Crippen molar-refractivity contribution in [3.05, 3.63) is 67.1 Å². The first-order valence-corrected chi connectivity index (χ1v) is 7.87. The fraction of sp³-hybridized carbons (Fsp3) is 0.200. The maximum atomic E-state index is 6.16. The molecule has 0 saturated carbocycles. The van der Waals surface area contributed by atoms with Crippen molar-refractivity contribution in [1.29, 1.82) is 0 Å². The zero-order chi connectivity index (χ0) is 14.0. The highest BCUT2D eigenvalue weighted by atomic mass is 79.9. The summed E-state index contributed by atoms with van der Waals surface area (Å²) in [5.41, 5.74) is 3.50. The first-order valence-electron chi connectivity index (χ1n) is 5.90. The highest BCUT2D eigenvalue weighted by Gasteiger charge is 2.16. The molecule has 0 saturated heterocycles. The van der Waals surface area contributed by atoms with Crippen LogP contribution in [0.5, 0.6) is 0 Å². The van der Waals surface area contributed by atoms with Gasteiger partial charge >= 0.3 is 0 Å². The molecule has 1 unspecified atom stereocenters. The Balaban J connectivity index is 2.52. The number of hydrogen-bond donors (Lipinski definition) is 1. The van der Waals surface area contributed by atoms with Crippen LogP contribution >= 0.6 is 43.5 Å². The Kier molecular flexibility index (Phi) is 5.07. The maximum absolute atomic E-state index is 6.16. The SMILES string of the molecule is CNC(c1cc(C)cc(Cl)c1)c1cc(Br)ccc1Br. The summed E-state index contributed by atoms with van der Waals surface area (Å²) in [4.78, 5) is 0. The minimum atomic E-state index is 0.101. The lowest BCUT2D eigenvalue weighted by atomic mass is 9.97. The van der Waals surface area contributed by atoms with Gasteiger partial charge in [0.25, 0.3) is 0 Å². The van der Waals surface area contributed by atoms with Gasteiger partial charge in [0.05, 0.1) is 6.04 Å². The average Bonchev–Trinajstić information content (AvgIpc) is 2.33. The van der Waals surface area contributed by atoms with Crippen molar-refractivity contribution in [3.63, 3.8) is 0 Å². The minimum Gasteiger partial charge on any atom is -0.309 e. The van der Waals surface area contributed by atoms with Gasteiger partial charge in [0, 0.05) is 14.0 Å². The van der Waals surface area contributed by atoms with E-state index in [0.717, 1.165) is 25.1 Å². The van der Waals surface area contributed by atoms with E-state index in [0.29, 0.717) is 0 Å². The van der Waals surface area contributed by atoms with Gasteiger partial charge in [-0.05, 0) is 61.0 Å². The van der Waals surface area contributed by atoms with E-state index in [2.05, 4.69) is 56.2 Å². The van der Waals surface area contributed by atoms with Crippen LogP contribution in [0, 0.1) is 6.92 Å². The fourth-order valence-corrected chi connectivity index (χ4v) is 3.32. The number of aryl methyl sites for hydroxylation is 1. The molecule has 19 heavy (non-hydrogen) atoms. The largest absolute Gasteiger partial charge is 0.309 e. The third kappa shape index (κ3) is 3.60. The van der Waals surface area contributed by atoms with E-state index in [9.17, 15) is 0 Å². The van der Waals surface area contributed by atoms with Gasteiger partial charge < -0.3 is 5.32 Å². The molecule has 2 aromatic carbocycles. The molecule has 1 N–H and O–H groups in total. The fourth-order valence-electron chi connectivity index (χ4n) is 2.17. The van der Waals surface area contributed by atoms with Crippen LogP contribution in [0.15, 0.2) is 45.3 Å². The zero-order valence-electron chi connectivity index (χ0n) is 10.7. The van der Waals surface area contributed by atoms with E-state index >= 15 is 0 Å². The van der Waals surface area contributed by atoms with Crippen LogP contribution in [0.4, 0.5) is 0 Å². The zero-order valence-corrected chi connectivity index (χ0v) is 14.6. The first kappa shape index (κ1) is 15.0. The van der Waals surface area contributed by atoms with Crippen molar-refractivity contribution in [3.8, 4) is 0 Å². The molecule has 1 atom stereocenters. The smallest absolute Gasteiger partial charge is 0.0586 e. The van der Waals surface area contributed by atoms with Gasteiger partial charge in [-0.2, -0.15) is 0 Å². The lowest BCUT2D eigenvalue weighted by Crippen LogP contribution is -2.18. The van der Waals surface area contributed by atoms with Crippen LogP contribution < -0.4 is 5.32 Å². The third-order valence-electron chi connectivity index (χ3n) is 2.96. The Labute approximate surface area is 135 Å².